The van der Waals surface area contributed by atoms with Gasteiger partial charge in [-0.15, -0.1) is 0 Å². The number of rotatable bonds is 6. The zero-order valence-electron chi connectivity index (χ0n) is 12.1. The van der Waals surface area contributed by atoms with Gasteiger partial charge in [0.1, 0.15) is 5.76 Å². The van der Waals surface area contributed by atoms with Crippen LogP contribution in [0.5, 0.6) is 0 Å². The van der Waals surface area contributed by atoms with Crippen molar-refractivity contribution in [3.05, 3.63) is 23.7 Å². The first-order valence-electron chi connectivity index (χ1n) is 7.04. The van der Waals surface area contributed by atoms with E-state index in [0.29, 0.717) is 6.04 Å². The van der Waals surface area contributed by atoms with Crippen LogP contribution in [-0.4, -0.2) is 30.6 Å². The van der Waals surface area contributed by atoms with Gasteiger partial charge in [-0.3, -0.25) is 4.90 Å². The summed E-state index contributed by atoms with van der Waals surface area (Å²) in [5, 5.41) is 3.56. The maximum Gasteiger partial charge on any atom is 0.105 e. The van der Waals surface area contributed by atoms with Gasteiger partial charge in [-0.25, -0.2) is 0 Å². The largest absolute Gasteiger partial charge is 0.469 e. The Kier molecular flexibility index (Phi) is 4.46. The molecule has 1 fully saturated rings. The third-order valence-electron chi connectivity index (χ3n) is 4.12. The van der Waals surface area contributed by atoms with Gasteiger partial charge in [-0.1, -0.05) is 13.8 Å². The molecule has 0 amide bonds. The van der Waals surface area contributed by atoms with Crippen LogP contribution >= 0.6 is 0 Å². The van der Waals surface area contributed by atoms with Gasteiger partial charge < -0.3 is 9.73 Å². The zero-order valence-corrected chi connectivity index (χ0v) is 12.1. The first-order valence-corrected chi connectivity index (χ1v) is 7.04. The Morgan fingerprint density at radius 2 is 2.22 bits per heavy atom. The highest BCUT2D eigenvalue weighted by molar-refractivity contribution is 5.15. The summed E-state index contributed by atoms with van der Waals surface area (Å²) in [6.07, 6.45) is 4.48. The summed E-state index contributed by atoms with van der Waals surface area (Å²) in [5.74, 6) is 1.86. The second-order valence-corrected chi connectivity index (χ2v) is 5.88. The van der Waals surface area contributed by atoms with Crippen molar-refractivity contribution in [2.24, 2.45) is 5.92 Å². The van der Waals surface area contributed by atoms with Crippen LogP contribution in [-0.2, 0) is 6.54 Å². The fourth-order valence-electron chi connectivity index (χ4n) is 2.72. The average molecular weight is 250 g/mol. The SMILES string of the molecule is Cc1occc1CN(C)C1CCC1CNC(C)C. The summed E-state index contributed by atoms with van der Waals surface area (Å²) in [6.45, 7) is 8.63. The molecule has 1 N–H and O–H groups in total. The highest BCUT2D eigenvalue weighted by Gasteiger charge is 2.33. The maximum absolute atomic E-state index is 5.36. The number of furan rings is 1. The number of nitrogens with one attached hydrogen (secondary N) is 1. The summed E-state index contributed by atoms with van der Waals surface area (Å²) >= 11 is 0. The molecule has 102 valence electrons. The lowest BCUT2D eigenvalue weighted by molar-refractivity contribution is 0.0765. The molecule has 0 spiro atoms. The normalized spacial score (nSPS) is 23.7. The molecular weight excluding hydrogens is 224 g/mol. The van der Waals surface area contributed by atoms with Gasteiger partial charge in [-0.05, 0) is 45.3 Å². The van der Waals surface area contributed by atoms with Crippen LogP contribution in [0.3, 0.4) is 0 Å². The standard InChI is InChI=1S/C15H26N2O/c1-11(2)16-9-13-5-6-15(13)17(4)10-14-7-8-18-12(14)3/h7-8,11,13,15-16H,5-6,9-10H2,1-4H3. The lowest BCUT2D eigenvalue weighted by atomic mass is 9.78. The second-order valence-electron chi connectivity index (χ2n) is 5.88. The predicted molar refractivity (Wildman–Crippen MR) is 74.6 cm³/mol. The summed E-state index contributed by atoms with van der Waals surface area (Å²) in [4.78, 5) is 2.48. The van der Waals surface area contributed by atoms with E-state index in [1.54, 1.807) is 6.26 Å². The molecule has 1 heterocycles. The molecule has 18 heavy (non-hydrogen) atoms. The van der Waals surface area contributed by atoms with E-state index in [1.165, 1.54) is 18.4 Å². The Hall–Kier alpha value is -0.800. The van der Waals surface area contributed by atoms with Crippen molar-refractivity contribution >= 4 is 0 Å². The summed E-state index contributed by atoms with van der Waals surface area (Å²) < 4.78 is 5.36. The van der Waals surface area contributed by atoms with Crippen LogP contribution in [0.2, 0.25) is 0 Å². The van der Waals surface area contributed by atoms with Crippen molar-refractivity contribution in [1.29, 1.82) is 0 Å². The minimum Gasteiger partial charge on any atom is -0.469 e. The van der Waals surface area contributed by atoms with E-state index < -0.39 is 0 Å². The third kappa shape index (κ3) is 3.15. The van der Waals surface area contributed by atoms with E-state index in [4.69, 9.17) is 4.42 Å². The second kappa shape index (κ2) is 5.89. The topological polar surface area (TPSA) is 28.4 Å². The Labute approximate surface area is 111 Å². The minimum absolute atomic E-state index is 0.590. The lowest BCUT2D eigenvalue weighted by Gasteiger charge is -2.43. The number of aryl methyl sites for hydroxylation is 1. The molecule has 1 aromatic rings. The van der Waals surface area contributed by atoms with Crippen LogP contribution in [0.15, 0.2) is 16.7 Å². The molecule has 0 radical (unpaired) electrons. The zero-order chi connectivity index (χ0) is 13.1. The third-order valence-corrected chi connectivity index (χ3v) is 4.12. The van der Waals surface area contributed by atoms with E-state index in [9.17, 15) is 0 Å². The number of nitrogens with zero attached hydrogens (tertiary/aromatic N) is 1. The molecule has 0 saturated heterocycles. The fourth-order valence-corrected chi connectivity index (χ4v) is 2.72. The molecule has 2 atom stereocenters. The van der Waals surface area contributed by atoms with Gasteiger partial charge >= 0.3 is 0 Å². The summed E-state index contributed by atoms with van der Waals surface area (Å²) in [6, 6.07) is 3.41. The van der Waals surface area contributed by atoms with Gasteiger partial charge in [0.05, 0.1) is 6.26 Å². The number of hydrogen-bond acceptors (Lipinski definition) is 3. The predicted octanol–water partition coefficient (Wildman–Crippen LogP) is 2.80. The molecule has 1 aliphatic rings. The van der Waals surface area contributed by atoms with E-state index in [2.05, 4.69) is 37.2 Å². The Bertz CT molecular complexity index is 372. The molecular formula is C15H26N2O. The smallest absolute Gasteiger partial charge is 0.105 e. The van der Waals surface area contributed by atoms with Crippen LogP contribution in [0.1, 0.15) is 38.0 Å². The highest BCUT2D eigenvalue weighted by atomic mass is 16.3. The van der Waals surface area contributed by atoms with Crippen molar-refractivity contribution in [3.63, 3.8) is 0 Å². The first-order chi connectivity index (χ1) is 8.58. The lowest BCUT2D eigenvalue weighted by Crippen LogP contribution is -2.49. The first kappa shape index (κ1) is 13.6. The molecule has 1 aliphatic carbocycles. The van der Waals surface area contributed by atoms with Crippen molar-refractivity contribution < 1.29 is 4.42 Å². The van der Waals surface area contributed by atoms with Crippen molar-refractivity contribution in [2.45, 2.75) is 52.2 Å². The van der Waals surface area contributed by atoms with Crippen molar-refractivity contribution in [1.82, 2.24) is 10.2 Å². The summed E-state index contributed by atoms with van der Waals surface area (Å²) in [5.41, 5.74) is 1.32. The minimum atomic E-state index is 0.590. The molecule has 3 heteroatoms. The average Bonchev–Trinajstić information content (AvgIpc) is 2.62. The van der Waals surface area contributed by atoms with Crippen LogP contribution in [0, 0.1) is 12.8 Å². The Morgan fingerprint density at radius 3 is 2.72 bits per heavy atom. The Morgan fingerprint density at radius 1 is 1.44 bits per heavy atom. The molecule has 2 unspecified atom stereocenters. The fraction of sp³-hybridized carbons (Fsp3) is 0.733. The van der Waals surface area contributed by atoms with E-state index >= 15 is 0 Å². The molecule has 1 saturated carbocycles. The van der Waals surface area contributed by atoms with Crippen molar-refractivity contribution in [2.75, 3.05) is 13.6 Å². The van der Waals surface area contributed by atoms with Crippen LogP contribution in [0.25, 0.3) is 0 Å². The molecule has 0 aliphatic heterocycles. The van der Waals surface area contributed by atoms with Gasteiger partial charge in [0, 0.05) is 24.2 Å². The van der Waals surface area contributed by atoms with Gasteiger partial charge in [-0.2, -0.15) is 0 Å². The number of hydrogen-bond donors (Lipinski definition) is 1. The van der Waals surface area contributed by atoms with Crippen LogP contribution < -0.4 is 5.32 Å². The van der Waals surface area contributed by atoms with Gasteiger partial charge in [0.2, 0.25) is 0 Å². The summed E-state index contributed by atoms with van der Waals surface area (Å²) in [7, 11) is 2.23. The monoisotopic (exact) mass is 250 g/mol. The van der Waals surface area contributed by atoms with Gasteiger partial charge in [0.15, 0.2) is 0 Å². The molecule has 0 aromatic carbocycles. The van der Waals surface area contributed by atoms with E-state index in [1.807, 2.05) is 6.92 Å². The van der Waals surface area contributed by atoms with E-state index in [-0.39, 0.29) is 0 Å². The van der Waals surface area contributed by atoms with E-state index in [0.717, 1.165) is 30.8 Å². The highest BCUT2D eigenvalue weighted by Crippen LogP contribution is 2.32. The Balaban J connectivity index is 1.82. The van der Waals surface area contributed by atoms with Crippen LogP contribution in [0.4, 0.5) is 0 Å². The molecule has 3 nitrogen and oxygen atoms in total. The molecule has 1 aromatic heterocycles. The molecule has 2 rings (SSSR count). The van der Waals surface area contributed by atoms with Crippen molar-refractivity contribution in [3.8, 4) is 0 Å². The maximum atomic E-state index is 5.36. The molecule has 0 bridgehead atoms. The van der Waals surface area contributed by atoms with Gasteiger partial charge in [0.25, 0.3) is 0 Å². The quantitative estimate of drug-likeness (QED) is 0.841.